The summed E-state index contributed by atoms with van der Waals surface area (Å²) in [7, 11) is 4.80. The number of carbonyl (C=O) groups is 1. The van der Waals surface area contributed by atoms with Gasteiger partial charge in [0.2, 0.25) is 11.7 Å². The molecule has 1 aromatic carbocycles. The second kappa shape index (κ2) is 8.57. The van der Waals surface area contributed by atoms with E-state index in [1.165, 1.54) is 4.90 Å². The molecule has 1 amide bonds. The fraction of sp³-hybridized carbons (Fsp3) is 0.667. The van der Waals surface area contributed by atoms with Gasteiger partial charge in [0, 0.05) is 17.9 Å². The van der Waals surface area contributed by atoms with Crippen molar-refractivity contribution in [2.75, 3.05) is 34.4 Å². The van der Waals surface area contributed by atoms with E-state index in [0.29, 0.717) is 30.2 Å². The number of methoxy groups -OCH3 is 3. The Hall–Kier alpha value is -1.99. The number of piperidine rings is 1. The maximum absolute atomic E-state index is 11.4. The quantitative estimate of drug-likeness (QED) is 0.638. The number of amides is 1. The number of carbonyl (C=O) groups excluding carboxylic acids is 1. The van der Waals surface area contributed by atoms with Crippen LogP contribution in [0.15, 0.2) is 12.1 Å². The van der Waals surface area contributed by atoms with Crippen molar-refractivity contribution in [3.05, 3.63) is 17.7 Å². The summed E-state index contributed by atoms with van der Waals surface area (Å²) in [6.45, 7) is 1.46. The lowest BCUT2D eigenvalue weighted by molar-refractivity contribution is -0.944. The first-order valence-electron chi connectivity index (χ1n) is 10.1. The number of nitrogens with two attached hydrogens (primary N) is 1. The monoisotopic (exact) mass is 393 g/mol. The van der Waals surface area contributed by atoms with Crippen molar-refractivity contribution in [1.82, 2.24) is 0 Å². The largest absolute Gasteiger partial charge is 0.493 e. The maximum atomic E-state index is 11.4. The van der Waals surface area contributed by atoms with Crippen LogP contribution in [-0.4, -0.2) is 51.0 Å². The number of ether oxygens (including phenoxy) is 3. The van der Waals surface area contributed by atoms with Gasteiger partial charge in [-0.05, 0) is 25.0 Å². The highest BCUT2D eigenvalue weighted by Gasteiger charge is 2.51. The molecule has 1 saturated heterocycles. The molecule has 0 radical (unpaired) electrons. The minimum Gasteiger partial charge on any atom is -0.493 e. The molecule has 1 unspecified atom stereocenters. The average Bonchev–Trinajstić information content (AvgIpc) is 2.70. The van der Waals surface area contributed by atoms with Gasteiger partial charge in [-0.2, -0.15) is 0 Å². The average molecular weight is 394 g/mol. The van der Waals surface area contributed by atoms with Crippen molar-refractivity contribution >= 4 is 5.91 Å². The Bertz CT molecular complexity index is 685. The lowest BCUT2D eigenvalue weighted by Crippen LogP contribution is -3.15. The van der Waals surface area contributed by atoms with Gasteiger partial charge in [-0.25, -0.2) is 0 Å². The van der Waals surface area contributed by atoms with Gasteiger partial charge in [-0.1, -0.05) is 12.8 Å². The van der Waals surface area contributed by atoms with Gasteiger partial charge in [-0.3, -0.25) is 4.79 Å². The molecule has 1 saturated carbocycles. The van der Waals surface area contributed by atoms with Gasteiger partial charge < -0.3 is 30.0 Å². The van der Waals surface area contributed by atoms with E-state index in [1.54, 1.807) is 21.3 Å². The fourth-order valence-corrected chi connectivity index (χ4v) is 5.17. The lowest BCUT2D eigenvalue weighted by atomic mass is 9.66. The van der Waals surface area contributed by atoms with Gasteiger partial charge in [0.15, 0.2) is 11.5 Å². The van der Waals surface area contributed by atoms with E-state index in [4.69, 9.17) is 19.9 Å². The smallest absolute Gasteiger partial charge is 0.223 e. The molecule has 1 aromatic rings. The van der Waals surface area contributed by atoms with Crippen molar-refractivity contribution < 1.29 is 29.0 Å². The number of nitrogens with one attached hydrogen (secondary N) is 1. The zero-order valence-electron chi connectivity index (χ0n) is 17.1. The van der Waals surface area contributed by atoms with Gasteiger partial charge in [0.1, 0.15) is 6.04 Å². The van der Waals surface area contributed by atoms with Crippen LogP contribution in [0.25, 0.3) is 0 Å². The number of hydrogen-bond donors (Lipinski definition) is 3. The Balaban J connectivity index is 2.05. The van der Waals surface area contributed by atoms with E-state index in [9.17, 15) is 9.90 Å². The third-order valence-electron chi connectivity index (χ3n) is 6.52. The van der Waals surface area contributed by atoms with E-state index < -0.39 is 5.60 Å². The summed E-state index contributed by atoms with van der Waals surface area (Å²) >= 11 is 0. The standard InChI is InChI=1S/C21H32N2O5/c1-26-16-12-14(13-17(27-2)20(16)28-3)19-15-6-4-5-8-21(15,25)9-11-23(19)10-7-18(22)24/h12-13,15,19,25H,4-11H2,1-3H3,(H2,22,24)/p+1/t15-,19+,21+/m0/s1. The molecule has 2 aliphatic rings. The first-order chi connectivity index (χ1) is 13.4. The van der Waals surface area contributed by atoms with Crippen molar-refractivity contribution in [1.29, 1.82) is 0 Å². The molecule has 0 spiro atoms. The van der Waals surface area contributed by atoms with Crippen LogP contribution in [0.2, 0.25) is 0 Å². The van der Waals surface area contributed by atoms with Gasteiger partial charge in [-0.15, -0.1) is 0 Å². The topological polar surface area (TPSA) is 95.5 Å². The number of quaternary nitrogens is 1. The van der Waals surface area contributed by atoms with Gasteiger partial charge in [0.25, 0.3) is 0 Å². The molecule has 7 heteroatoms. The van der Waals surface area contributed by atoms with Crippen LogP contribution in [0.5, 0.6) is 17.2 Å². The minimum absolute atomic E-state index is 0.0482. The molecule has 4 N–H and O–H groups in total. The summed E-state index contributed by atoms with van der Waals surface area (Å²) in [6, 6.07) is 4.01. The van der Waals surface area contributed by atoms with Gasteiger partial charge in [0.05, 0.1) is 46.4 Å². The Kier molecular flexibility index (Phi) is 6.35. The number of aliphatic hydroxyl groups is 1. The van der Waals surface area contributed by atoms with Crippen LogP contribution in [-0.2, 0) is 4.79 Å². The normalized spacial score (nSPS) is 29.6. The van der Waals surface area contributed by atoms with Crippen LogP contribution in [0.4, 0.5) is 0 Å². The molecule has 28 heavy (non-hydrogen) atoms. The predicted molar refractivity (Wildman–Crippen MR) is 105 cm³/mol. The molecule has 1 heterocycles. The van der Waals surface area contributed by atoms with E-state index in [2.05, 4.69) is 0 Å². The molecule has 1 aliphatic heterocycles. The van der Waals surface area contributed by atoms with E-state index >= 15 is 0 Å². The van der Waals surface area contributed by atoms with Crippen LogP contribution >= 0.6 is 0 Å². The molecular weight excluding hydrogens is 360 g/mol. The highest BCUT2D eigenvalue weighted by Crippen LogP contribution is 2.47. The van der Waals surface area contributed by atoms with Crippen molar-refractivity contribution in [3.8, 4) is 17.2 Å². The SMILES string of the molecule is COc1cc([C@@H]2[C@@H]3CCCC[C@@]3(O)CC[NH+]2CCC(N)=O)cc(OC)c1OC. The summed E-state index contributed by atoms with van der Waals surface area (Å²) in [4.78, 5) is 12.7. The Morgan fingerprint density at radius 1 is 1.18 bits per heavy atom. The van der Waals surface area contributed by atoms with Crippen molar-refractivity contribution in [3.63, 3.8) is 0 Å². The number of fused-ring (bicyclic) bond motifs is 1. The third kappa shape index (κ3) is 3.91. The maximum Gasteiger partial charge on any atom is 0.223 e. The van der Waals surface area contributed by atoms with E-state index in [0.717, 1.165) is 44.2 Å². The fourth-order valence-electron chi connectivity index (χ4n) is 5.17. The molecule has 4 atom stereocenters. The Morgan fingerprint density at radius 3 is 2.43 bits per heavy atom. The Labute approximate surface area is 166 Å². The van der Waals surface area contributed by atoms with Crippen molar-refractivity contribution in [2.45, 2.75) is 50.2 Å². The van der Waals surface area contributed by atoms with Crippen LogP contribution in [0.3, 0.4) is 0 Å². The first-order valence-corrected chi connectivity index (χ1v) is 10.1. The molecule has 2 fully saturated rings. The predicted octanol–water partition coefficient (Wildman–Crippen LogP) is 0.839. The summed E-state index contributed by atoms with van der Waals surface area (Å²) < 4.78 is 16.6. The van der Waals surface area contributed by atoms with Crippen LogP contribution < -0.4 is 24.8 Å². The van der Waals surface area contributed by atoms with Crippen molar-refractivity contribution in [2.24, 2.45) is 11.7 Å². The summed E-state index contributed by atoms with van der Waals surface area (Å²) in [5, 5.41) is 11.4. The van der Waals surface area contributed by atoms with E-state index in [-0.39, 0.29) is 17.9 Å². The summed E-state index contributed by atoms with van der Waals surface area (Å²) in [5.74, 6) is 1.61. The van der Waals surface area contributed by atoms with Crippen LogP contribution in [0, 0.1) is 5.92 Å². The highest BCUT2D eigenvalue weighted by atomic mass is 16.5. The first kappa shape index (κ1) is 20.7. The molecule has 156 valence electrons. The van der Waals surface area contributed by atoms with Gasteiger partial charge >= 0.3 is 0 Å². The number of rotatable bonds is 7. The zero-order valence-corrected chi connectivity index (χ0v) is 17.1. The third-order valence-corrected chi connectivity index (χ3v) is 6.52. The second-order valence-electron chi connectivity index (χ2n) is 8.02. The summed E-state index contributed by atoms with van der Waals surface area (Å²) in [5.41, 5.74) is 5.81. The number of benzene rings is 1. The Morgan fingerprint density at radius 2 is 1.86 bits per heavy atom. The highest BCUT2D eigenvalue weighted by molar-refractivity contribution is 5.73. The number of hydrogen-bond acceptors (Lipinski definition) is 5. The molecule has 3 rings (SSSR count). The lowest BCUT2D eigenvalue weighted by Gasteiger charge is -2.50. The molecule has 7 nitrogen and oxygen atoms in total. The second-order valence-corrected chi connectivity index (χ2v) is 8.02. The van der Waals surface area contributed by atoms with Crippen LogP contribution in [0.1, 0.15) is 50.1 Å². The minimum atomic E-state index is -0.653. The molecule has 1 aliphatic carbocycles. The number of likely N-dealkylation sites (tertiary alicyclic amines) is 1. The summed E-state index contributed by atoms with van der Waals surface area (Å²) in [6.07, 6.45) is 5.07. The molecule has 0 aromatic heterocycles. The molecular formula is C21H33N2O5+. The zero-order chi connectivity index (χ0) is 20.3. The number of primary amides is 1. The van der Waals surface area contributed by atoms with E-state index in [1.807, 2.05) is 12.1 Å². The molecule has 0 bridgehead atoms.